The van der Waals surface area contributed by atoms with Crippen LogP contribution in [0, 0.1) is 12.7 Å². The molecule has 4 nitrogen and oxygen atoms in total. The molecule has 7 heteroatoms. The van der Waals surface area contributed by atoms with Crippen LogP contribution in [-0.4, -0.2) is 15.3 Å². The van der Waals surface area contributed by atoms with Gasteiger partial charge in [0.25, 0.3) is 0 Å². The largest absolute Gasteiger partial charge is 0.504 e. The van der Waals surface area contributed by atoms with Crippen LogP contribution in [0.25, 0.3) is 21.9 Å². The van der Waals surface area contributed by atoms with Crippen LogP contribution in [0.5, 0.6) is 17.2 Å². The lowest BCUT2D eigenvalue weighted by Gasteiger charge is -2.17. The third-order valence-corrected chi connectivity index (χ3v) is 4.87. The van der Waals surface area contributed by atoms with Crippen LogP contribution < -0.4 is 4.72 Å². The Hall–Kier alpha value is -1.87. The first kappa shape index (κ1) is 17.0. The van der Waals surface area contributed by atoms with Crippen molar-refractivity contribution in [3.63, 3.8) is 0 Å². The Morgan fingerprint density at radius 3 is 2.46 bits per heavy atom. The number of hydrogen-bond donors (Lipinski definition) is 4. The lowest BCUT2D eigenvalue weighted by atomic mass is 9.92. The van der Waals surface area contributed by atoms with Crippen molar-refractivity contribution in [3.8, 4) is 28.4 Å². The average Bonchev–Trinajstić information content (AvgIpc) is 2.56. The number of fused-ring (bicyclic) bond motifs is 1. The van der Waals surface area contributed by atoms with Crippen LogP contribution in [0.15, 0.2) is 36.4 Å². The maximum Gasteiger partial charge on any atom is 0.167 e. The predicted octanol–water partition coefficient (Wildman–Crippen LogP) is 5.48. The zero-order valence-corrected chi connectivity index (χ0v) is 15.4. The zero-order valence-electron chi connectivity index (χ0n) is 12.5. The molecule has 0 aliphatic rings. The maximum atomic E-state index is 14.2. The van der Waals surface area contributed by atoms with Gasteiger partial charge in [-0.15, -0.1) is 0 Å². The zero-order chi connectivity index (χ0) is 17.4. The van der Waals surface area contributed by atoms with Crippen LogP contribution in [0.4, 0.5) is 10.1 Å². The Morgan fingerprint density at radius 1 is 1.04 bits per heavy atom. The van der Waals surface area contributed by atoms with Crippen LogP contribution in [0.1, 0.15) is 5.56 Å². The molecule has 0 saturated heterocycles. The van der Waals surface area contributed by atoms with E-state index in [1.165, 1.54) is 21.3 Å². The van der Waals surface area contributed by atoms with Gasteiger partial charge in [0.2, 0.25) is 0 Å². The molecule has 0 bridgehead atoms. The van der Waals surface area contributed by atoms with Crippen LogP contribution >= 0.6 is 30.3 Å². The van der Waals surface area contributed by atoms with Crippen LogP contribution in [-0.2, 0) is 0 Å². The summed E-state index contributed by atoms with van der Waals surface area (Å²) in [6.07, 6.45) is 0. The lowest BCUT2D eigenvalue weighted by molar-refractivity contribution is 0.405. The molecule has 3 aromatic rings. The minimum Gasteiger partial charge on any atom is -0.504 e. The number of benzene rings is 3. The van der Waals surface area contributed by atoms with Crippen molar-refractivity contribution in [2.75, 3.05) is 4.72 Å². The molecule has 3 rings (SSSR count). The molecule has 0 aliphatic carbocycles. The smallest absolute Gasteiger partial charge is 0.167 e. The molecular formula is C17H13FINO3S. The average molecular weight is 457 g/mol. The second kappa shape index (κ2) is 6.56. The summed E-state index contributed by atoms with van der Waals surface area (Å²) in [6, 6.07) is 9.70. The lowest BCUT2D eigenvalue weighted by Crippen LogP contribution is -1.96. The van der Waals surface area contributed by atoms with Crippen molar-refractivity contribution in [2.45, 2.75) is 6.92 Å². The van der Waals surface area contributed by atoms with E-state index in [1.807, 2.05) is 21.2 Å². The van der Waals surface area contributed by atoms with Gasteiger partial charge in [0.15, 0.2) is 23.1 Å². The number of anilines is 1. The van der Waals surface area contributed by atoms with Crippen molar-refractivity contribution < 1.29 is 19.7 Å². The van der Waals surface area contributed by atoms with E-state index in [4.69, 9.17) is 0 Å². The van der Waals surface area contributed by atoms with Gasteiger partial charge in [-0.25, -0.2) is 4.39 Å². The highest BCUT2D eigenvalue weighted by atomic mass is 127. The van der Waals surface area contributed by atoms with E-state index < -0.39 is 17.3 Å². The molecule has 0 unspecified atom stereocenters. The third-order valence-electron chi connectivity index (χ3n) is 3.91. The van der Waals surface area contributed by atoms with E-state index in [-0.39, 0.29) is 16.9 Å². The second-order valence-corrected chi connectivity index (χ2v) is 6.95. The second-order valence-electron chi connectivity index (χ2n) is 5.27. The van der Waals surface area contributed by atoms with Gasteiger partial charge < -0.3 is 20.0 Å². The summed E-state index contributed by atoms with van der Waals surface area (Å²) in [5.41, 5.74) is 1.38. The molecule has 0 atom stereocenters. The van der Waals surface area contributed by atoms with Gasteiger partial charge >= 0.3 is 0 Å². The summed E-state index contributed by atoms with van der Waals surface area (Å²) < 4.78 is 17.2. The molecule has 0 aromatic heterocycles. The van der Waals surface area contributed by atoms with E-state index in [0.29, 0.717) is 22.0 Å². The molecule has 0 saturated carbocycles. The van der Waals surface area contributed by atoms with Gasteiger partial charge in [-0.2, -0.15) is 0 Å². The van der Waals surface area contributed by atoms with Crippen LogP contribution in [0.2, 0.25) is 0 Å². The molecule has 0 heterocycles. The fraction of sp³-hybridized carbons (Fsp3) is 0.0588. The highest BCUT2D eigenvalue weighted by Gasteiger charge is 2.23. The molecule has 24 heavy (non-hydrogen) atoms. The Balaban J connectivity index is 2.46. The number of halogens is 2. The Bertz CT molecular complexity index is 949. The molecule has 0 aliphatic heterocycles. The third kappa shape index (κ3) is 2.71. The van der Waals surface area contributed by atoms with E-state index >= 15 is 0 Å². The number of phenolic OH excluding ortho intramolecular Hbond substituents is 3. The number of hydrogen-bond acceptors (Lipinski definition) is 5. The summed E-state index contributed by atoms with van der Waals surface area (Å²) in [5, 5.41) is 32.0. The molecule has 0 amide bonds. The Morgan fingerprint density at radius 2 is 1.75 bits per heavy atom. The maximum absolute atomic E-state index is 14.2. The van der Waals surface area contributed by atoms with E-state index in [0.717, 1.165) is 0 Å². The summed E-state index contributed by atoms with van der Waals surface area (Å²) in [7, 11) is 1.26. The van der Waals surface area contributed by atoms with Gasteiger partial charge in [0.05, 0.1) is 5.69 Å². The molecule has 124 valence electrons. The van der Waals surface area contributed by atoms with Crippen molar-refractivity contribution in [3.05, 3.63) is 47.8 Å². The van der Waals surface area contributed by atoms with Gasteiger partial charge in [-0.1, -0.05) is 24.3 Å². The van der Waals surface area contributed by atoms with Gasteiger partial charge in [0, 0.05) is 47.5 Å². The van der Waals surface area contributed by atoms with Crippen molar-refractivity contribution >= 4 is 46.8 Å². The standard InChI is InChI=1S/C17H13FINO3S/c1-8-12(20-24-19)7-11(18)16(22)14(8)15-10-5-3-2-4-9(10)6-13(21)17(15)23/h2-7,20-23H,1H3. The SMILES string of the molecule is Cc1c(NSI)cc(F)c(O)c1-c1c(O)c(O)cc2ccccc12. The van der Waals surface area contributed by atoms with E-state index in [1.54, 1.807) is 31.2 Å². The fourth-order valence-electron chi connectivity index (χ4n) is 2.76. The van der Waals surface area contributed by atoms with Crippen LogP contribution in [0.3, 0.4) is 0 Å². The highest BCUT2D eigenvalue weighted by molar-refractivity contribution is 14.2. The van der Waals surface area contributed by atoms with Gasteiger partial charge in [-0.05, 0) is 29.3 Å². The molecule has 0 radical (unpaired) electrons. The predicted molar refractivity (Wildman–Crippen MR) is 104 cm³/mol. The van der Waals surface area contributed by atoms with Crippen molar-refractivity contribution in [1.29, 1.82) is 0 Å². The first-order valence-electron chi connectivity index (χ1n) is 6.95. The number of nitrogens with one attached hydrogen (secondary N) is 1. The first-order chi connectivity index (χ1) is 11.5. The molecule has 0 spiro atoms. The normalized spacial score (nSPS) is 11.0. The Kier molecular flexibility index (Phi) is 4.64. The van der Waals surface area contributed by atoms with Gasteiger partial charge in [0.1, 0.15) is 0 Å². The first-order valence-corrected chi connectivity index (χ1v) is 10.3. The van der Waals surface area contributed by atoms with E-state index in [9.17, 15) is 19.7 Å². The van der Waals surface area contributed by atoms with Gasteiger partial charge in [-0.3, -0.25) is 0 Å². The molecular weight excluding hydrogens is 444 g/mol. The number of phenols is 3. The molecule has 4 N–H and O–H groups in total. The number of rotatable bonds is 3. The summed E-state index contributed by atoms with van der Waals surface area (Å²) >= 11 is 2.01. The highest BCUT2D eigenvalue weighted by Crippen LogP contribution is 2.49. The fourth-order valence-corrected chi connectivity index (χ4v) is 3.77. The van der Waals surface area contributed by atoms with E-state index in [2.05, 4.69) is 4.72 Å². The minimum absolute atomic E-state index is 0.146. The summed E-state index contributed by atoms with van der Waals surface area (Å²) in [4.78, 5) is 0. The minimum atomic E-state index is -0.810. The monoisotopic (exact) mass is 457 g/mol. The molecule has 0 fully saturated rings. The molecule has 3 aromatic carbocycles. The topological polar surface area (TPSA) is 72.7 Å². The quantitative estimate of drug-likeness (QED) is 0.182. The number of aromatic hydroxyl groups is 3. The van der Waals surface area contributed by atoms with Crippen molar-refractivity contribution in [2.24, 2.45) is 0 Å². The summed E-state index contributed by atoms with van der Waals surface area (Å²) in [5.74, 6) is -2.10. The van der Waals surface area contributed by atoms with Crippen molar-refractivity contribution in [1.82, 2.24) is 0 Å². The summed E-state index contributed by atoms with van der Waals surface area (Å²) in [6.45, 7) is 1.71. The Labute approximate surface area is 154 Å².